The zero-order chi connectivity index (χ0) is 23.7. The van der Waals surface area contributed by atoms with Crippen LogP contribution in [0.15, 0.2) is 79.0 Å². The maximum absolute atomic E-state index is 13.3. The number of methoxy groups -OCH3 is 2. The van der Waals surface area contributed by atoms with Crippen molar-refractivity contribution < 1.29 is 14.3 Å². The largest absolute Gasteiger partial charge is 0.497 e. The molecule has 0 spiro atoms. The Kier molecular flexibility index (Phi) is 5.69. The van der Waals surface area contributed by atoms with Crippen LogP contribution in [0.25, 0.3) is 32.6 Å². The fraction of sp³-hybridized carbons (Fsp3) is 0.0741. The van der Waals surface area contributed by atoms with Gasteiger partial charge in [0.15, 0.2) is 0 Å². The number of rotatable bonds is 6. The zero-order valence-electron chi connectivity index (χ0n) is 18.6. The second-order valence-corrected chi connectivity index (χ2v) is 8.56. The first kappa shape index (κ1) is 21.6. The number of carbonyl (C=O) groups excluding carboxylic acids is 1. The predicted molar refractivity (Wildman–Crippen MR) is 136 cm³/mol. The molecule has 0 unspecified atom stereocenters. The Morgan fingerprint density at radius 1 is 0.912 bits per heavy atom. The highest BCUT2D eigenvalue weighted by molar-refractivity contribution is 7.21. The third kappa shape index (κ3) is 3.76. The Labute approximate surface area is 200 Å². The Balaban J connectivity index is 1.81. The SMILES string of the molecule is COc1ccc(OC)c(-c2cc(-c3ccccc3)nc3sc(C(=O)c4ccccn4)c(N)c23)c1. The molecule has 5 rings (SSSR count). The van der Waals surface area contributed by atoms with Crippen molar-refractivity contribution in [1.29, 1.82) is 0 Å². The highest BCUT2D eigenvalue weighted by atomic mass is 32.1. The first-order chi connectivity index (χ1) is 16.6. The van der Waals surface area contributed by atoms with Crippen molar-refractivity contribution in [1.82, 2.24) is 9.97 Å². The van der Waals surface area contributed by atoms with Crippen LogP contribution in [-0.2, 0) is 0 Å². The molecular formula is C27H21N3O3S. The lowest BCUT2D eigenvalue weighted by Gasteiger charge is -2.13. The van der Waals surface area contributed by atoms with Crippen molar-refractivity contribution in [3.63, 3.8) is 0 Å². The number of hydrogen-bond donors (Lipinski definition) is 1. The third-order valence-electron chi connectivity index (χ3n) is 5.57. The Morgan fingerprint density at radius 3 is 2.41 bits per heavy atom. The Hall–Kier alpha value is -4.23. The molecule has 2 aromatic carbocycles. The summed E-state index contributed by atoms with van der Waals surface area (Å²) < 4.78 is 11.1. The van der Waals surface area contributed by atoms with Crippen LogP contribution in [0.5, 0.6) is 11.5 Å². The average Bonchev–Trinajstić information content (AvgIpc) is 3.24. The molecule has 5 aromatic rings. The second kappa shape index (κ2) is 8.96. The molecule has 0 atom stereocenters. The lowest BCUT2D eigenvalue weighted by molar-refractivity contribution is 0.103. The van der Waals surface area contributed by atoms with Crippen LogP contribution < -0.4 is 15.2 Å². The number of pyridine rings is 2. The van der Waals surface area contributed by atoms with Crippen LogP contribution in [0.4, 0.5) is 5.69 Å². The van der Waals surface area contributed by atoms with E-state index in [1.54, 1.807) is 38.6 Å². The maximum Gasteiger partial charge on any atom is 0.223 e. The molecule has 0 saturated heterocycles. The van der Waals surface area contributed by atoms with Gasteiger partial charge in [-0.05, 0) is 36.4 Å². The van der Waals surface area contributed by atoms with Crippen LogP contribution >= 0.6 is 11.3 Å². The number of hydrogen-bond acceptors (Lipinski definition) is 7. The zero-order valence-corrected chi connectivity index (χ0v) is 19.4. The number of anilines is 1. The smallest absolute Gasteiger partial charge is 0.223 e. The summed E-state index contributed by atoms with van der Waals surface area (Å²) in [4.78, 5) is 23.4. The van der Waals surface area contributed by atoms with Gasteiger partial charge in [0.05, 0.1) is 25.6 Å². The summed E-state index contributed by atoms with van der Waals surface area (Å²) in [6.45, 7) is 0. The van der Waals surface area contributed by atoms with Gasteiger partial charge in [-0.2, -0.15) is 0 Å². The minimum atomic E-state index is -0.231. The van der Waals surface area contributed by atoms with Crippen LogP contribution in [0.1, 0.15) is 15.4 Å². The Morgan fingerprint density at radius 2 is 1.71 bits per heavy atom. The minimum Gasteiger partial charge on any atom is -0.497 e. The van der Waals surface area contributed by atoms with Crippen molar-refractivity contribution in [2.45, 2.75) is 0 Å². The highest BCUT2D eigenvalue weighted by Crippen LogP contribution is 2.45. The second-order valence-electron chi connectivity index (χ2n) is 7.56. The monoisotopic (exact) mass is 467 g/mol. The van der Waals surface area contributed by atoms with Crippen molar-refractivity contribution in [2.75, 3.05) is 20.0 Å². The van der Waals surface area contributed by atoms with E-state index >= 15 is 0 Å². The predicted octanol–water partition coefficient (Wildman–Crippen LogP) is 5.86. The van der Waals surface area contributed by atoms with Crippen LogP contribution in [-0.4, -0.2) is 30.0 Å². The number of ketones is 1. The molecule has 168 valence electrons. The van der Waals surface area contributed by atoms with Gasteiger partial charge in [0, 0.05) is 28.3 Å². The molecular weight excluding hydrogens is 446 g/mol. The van der Waals surface area contributed by atoms with Gasteiger partial charge in [-0.15, -0.1) is 11.3 Å². The molecule has 0 aliphatic heterocycles. The molecule has 0 fully saturated rings. The van der Waals surface area contributed by atoms with E-state index in [0.717, 1.165) is 22.4 Å². The van der Waals surface area contributed by atoms with Crippen LogP contribution in [0, 0.1) is 0 Å². The first-order valence-electron chi connectivity index (χ1n) is 10.6. The number of fused-ring (bicyclic) bond motifs is 1. The molecule has 34 heavy (non-hydrogen) atoms. The van der Waals surface area contributed by atoms with Crippen LogP contribution in [0.3, 0.4) is 0 Å². The normalized spacial score (nSPS) is 10.9. The van der Waals surface area contributed by atoms with Gasteiger partial charge in [-0.25, -0.2) is 4.98 Å². The van der Waals surface area contributed by atoms with E-state index < -0.39 is 0 Å². The number of nitrogen functional groups attached to an aromatic ring is 1. The van der Waals surface area contributed by atoms with E-state index in [2.05, 4.69) is 4.98 Å². The summed E-state index contributed by atoms with van der Waals surface area (Å²) in [7, 11) is 3.24. The number of carbonyl (C=O) groups is 1. The molecule has 3 aromatic heterocycles. The number of thiophene rings is 1. The fourth-order valence-corrected chi connectivity index (χ4v) is 4.97. The molecule has 0 amide bonds. The van der Waals surface area contributed by atoms with E-state index in [0.29, 0.717) is 38.0 Å². The summed E-state index contributed by atoms with van der Waals surface area (Å²) in [5.41, 5.74) is 10.7. The van der Waals surface area contributed by atoms with E-state index in [9.17, 15) is 4.79 Å². The lowest BCUT2D eigenvalue weighted by atomic mass is 9.98. The summed E-state index contributed by atoms with van der Waals surface area (Å²) in [6, 6.07) is 22.7. The first-order valence-corrected chi connectivity index (χ1v) is 11.4. The molecule has 0 radical (unpaired) electrons. The molecule has 0 bridgehead atoms. The lowest BCUT2D eigenvalue weighted by Crippen LogP contribution is -2.04. The molecule has 0 aliphatic rings. The molecule has 2 N–H and O–H groups in total. The van der Waals surface area contributed by atoms with E-state index in [1.165, 1.54) is 11.3 Å². The van der Waals surface area contributed by atoms with Gasteiger partial charge >= 0.3 is 0 Å². The van der Waals surface area contributed by atoms with Crippen LogP contribution in [0.2, 0.25) is 0 Å². The summed E-state index contributed by atoms with van der Waals surface area (Å²) in [5.74, 6) is 1.11. The Bertz CT molecular complexity index is 1500. The molecule has 7 heteroatoms. The fourth-order valence-electron chi connectivity index (χ4n) is 3.90. The van der Waals surface area contributed by atoms with Gasteiger partial charge in [-0.1, -0.05) is 36.4 Å². The number of aromatic nitrogens is 2. The van der Waals surface area contributed by atoms with Gasteiger partial charge < -0.3 is 15.2 Å². The van der Waals surface area contributed by atoms with Gasteiger partial charge in [0.1, 0.15) is 26.9 Å². The topological polar surface area (TPSA) is 87.3 Å². The standard InChI is InChI=1S/C27H21N3O3S/c1-32-17-11-12-22(33-2)18(14-17)19-15-21(16-8-4-3-5-9-16)30-27-23(19)24(28)26(34-27)25(31)20-10-6-7-13-29-20/h3-15H,28H2,1-2H3. The summed E-state index contributed by atoms with van der Waals surface area (Å²) in [6.07, 6.45) is 1.59. The highest BCUT2D eigenvalue weighted by Gasteiger charge is 2.24. The maximum atomic E-state index is 13.3. The van der Waals surface area contributed by atoms with E-state index in [1.807, 2.05) is 54.6 Å². The molecule has 0 saturated carbocycles. The van der Waals surface area contributed by atoms with Gasteiger partial charge in [0.25, 0.3) is 0 Å². The minimum absolute atomic E-state index is 0.231. The summed E-state index contributed by atoms with van der Waals surface area (Å²) in [5, 5.41) is 0.704. The van der Waals surface area contributed by atoms with Crippen molar-refractivity contribution in [3.05, 3.63) is 89.6 Å². The number of benzene rings is 2. The number of nitrogens with two attached hydrogens (primary N) is 1. The van der Waals surface area contributed by atoms with Gasteiger partial charge in [0.2, 0.25) is 5.78 Å². The van der Waals surface area contributed by atoms with E-state index in [4.69, 9.17) is 20.2 Å². The molecule has 6 nitrogen and oxygen atoms in total. The van der Waals surface area contributed by atoms with Crippen molar-refractivity contribution in [2.24, 2.45) is 0 Å². The average molecular weight is 468 g/mol. The molecule has 3 heterocycles. The number of ether oxygens (including phenoxy) is 2. The van der Waals surface area contributed by atoms with E-state index in [-0.39, 0.29) is 5.78 Å². The molecule has 0 aliphatic carbocycles. The summed E-state index contributed by atoms with van der Waals surface area (Å²) >= 11 is 1.27. The van der Waals surface area contributed by atoms with Crippen molar-refractivity contribution >= 4 is 33.0 Å². The quantitative estimate of drug-likeness (QED) is 0.315. The third-order valence-corrected chi connectivity index (χ3v) is 6.67. The number of nitrogens with zero attached hydrogens (tertiary/aromatic N) is 2. The van der Waals surface area contributed by atoms with Crippen molar-refractivity contribution in [3.8, 4) is 33.9 Å². The van der Waals surface area contributed by atoms with Gasteiger partial charge in [-0.3, -0.25) is 9.78 Å².